The summed E-state index contributed by atoms with van der Waals surface area (Å²) in [6, 6.07) is 0. The third-order valence-electron chi connectivity index (χ3n) is 2.46. The molecular formula is C11H15N3O2. The molecule has 2 aromatic rings. The van der Waals surface area contributed by atoms with Gasteiger partial charge >= 0.3 is 0 Å². The van der Waals surface area contributed by atoms with Gasteiger partial charge in [-0.2, -0.15) is 4.98 Å². The zero-order valence-electron chi connectivity index (χ0n) is 9.70. The zero-order chi connectivity index (χ0) is 11.7. The first kappa shape index (κ1) is 10.9. The van der Waals surface area contributed by atoms with Crippen molar-refractivity contribution in [3.05, 3.63) is 21.9 Å². The molecule has 5 heteroatoms. The molecule has 0 atom stereocenters. The maximum Gasteiger partial charge on any atom is 0.265 e. The summed E-state index contributed by atoms with van der Waals surface area (Å²) in [4.78, 5) is 18.9. The Balaban J connectivity index is 2.64. The highest BCUT2D eigenvalue weighted by Gasteiger charge is 2.16. The molecule has 0 aromatic carbocycles. The summed E-state index contributed by atoms with van der Waals surface area (Å²) in [5, 5.41) is 4.38. The van der Waals surface area contributed by atoms with Crippen LogP contribution in [-0.2, 0) is 6.42 Å². The van der Waals surface area contributed by atoms with E-state index < -0.39 is 0 Å². The van der Waals surface area contributed by atoms with Crippen LogP contribution in [0.2, 0.25) is 0 Å². The van der Waals surface area contributed by atoms with Crippen molar-refractivity contribution < 1.29 is 4.52 Å². The highest BCUT2D eigenvalue weighted by Crippen LogP contribution is 2.20. The number of aromatic nitrogens is 3. The second-order valence-electron chi connectivity index (χ2n) is 4.17. The van der Waals surface area contributed by atoms with Gasteiger partial charge in [0.25, 0.3) is 11.3 Å². The second kappa shape index (κ2) is 4.08. The van der Waals surface area contributed by atoms with E-state index in [-0.39, 0.29) is 11.5 Å². The molecule has 2 aromatic heterocycles. The minimum absolute atomic E-state index is 0.154. The number of aryl methyl sites for hydroxylation is 1. The first-order chi connectivity index (χ1) is 7.63. The summed E-state index contributed by atoms with van der Waals surface area (Å²) in [5.74, 6) is 0.813. The lowest BCUT2D eigenvalue weighted by atomic mass is 10.1. The van der Waals surface area contributed by atoms with Gasteiger partial charge in [0.05, 0.1) is 0 Å². The molecule has 5 nitrogen and oxygen atoms in total. The largest absolute Gasteiger partial charge is 0.335 e. The Kier molecular flexibility index (Phi) is 2.77. The van der Waals surface area contributed by atoms with Gasteiger partial charge in [-0.3, -0.25) is 4.79 Å². The number of hydrogen-bond donors (Lipinski definition) is 1. The second-order valence-corrected chi connectivity index (χ2v) is 4.17. The number of rotatable bonds is 3. The molecule has 0 saturated carbocycles. The predicted molar refractivity (Wildman–Crippen MR) is 60.5 cm³/mol. The van der Waals surface area contributed by atoms with Crippen LogP contribution in [-0.4, -0.2) is 15.1 Å². The van der Waals surface area contributed by atoms with Gasteiger partial charge in [-0.25, -0.2) is 0 Å². The van der Waals surface area contributed by atoms with Crippen molar-refractivity contribution in [1.29, 1.82) is 0 Å². The van der Waals surface area contributed by atoms with Crippen LogP contribution in [0.5, 0.6) is 0 Å². The third-order valence-corrected chi connectivity index (χ3v) is 2.46. The van der Waals surface area contributed by atoms with Crippen LogP contribution in [0.4, 0.5) is 0 Å². The van der Waals surface area contributed by atoms with Gasteiger partial charge in [0.1, 0.15) is 16.9 Å². The van der Waals surface area contributed by atoms with Gasteiger partial charge in [0.2, 0.25) is 0 Å². The number of aromatic amines is 1. The lowest BCUT2D eigenvalue weighted by Crippen LogP contribution is -2.12. The van der Waals surface area contributed by atoms with Crippen LogP contribution < -0.4 is 5.56 Å². The van der Waals surface area contributed by atoms with E-state index in [1.165, 1.54) is 0 Å². The molecule has 2 heterocycles. The normalized spacial score (nSPS) is 11.5. The predicted octanol–water partition coefficient (Wildman–Crippen LogP) is 1.99. The number of nitrogens with one attached hydrogen (secondary N) is 1. The molecule has 0 spiro atoms. The van der Waals surface area contributed by atoms with E-state index in [0.717, 1.165) is 12.8 Å². The van der Waals surface area contributed by atoms with Gasteiger partial charge in [0.15, 0.2) is 0 Å². The average molecular weight is 221 g/mol. The molecule has 1 N–H and O–H groups in total. The number of nitrogens with zero attached hydrogens (tertiary/aromatic N) is 2. The Hall–Kier alpha value is -1.65. The van der Waals surface area contributed by atoms with E-state index in [2.05, 4.69) is 15.1 Å². The molecule has 0 fully saturated rings. The van der Waals surface area contributed by atoms with Gasteiger partial charge in [-0.15, -0.1) is 0 Å². The van der Waals surface area contributed by atoms with Gasteiger partial charge in [0, 0.05) is 6.42 Å². The van der Waals surface area contributed by atoms with Crippen molar-refractivity contribution in [1.82, 2.24) is 15.1 Å². The fraction of sp³-hybridized carbons (Fsp3) is 0.545. The molecule has 86 valence electrons. The molecular weight excluding hydrogens is 206 g/mol. The lowest BCUT2D eigenvalue weighted by Gasteiger charge is -1.99. The molecule has 0 radical (unpaired) electrons. The molecule has 0 aliphatic rings. The number of fused-ring (bicyclic) bond motifs is 1. The van der Waals surface area contributed by atoms with E-state index in [0.29, 0.717) is 22.6 Å². The van der Waals surface area contributed by atoms with Crippen LogP contribution in [0.25, 0.3) is 11.1 Å². The van der Waals surface area contributed by atoms with E-state index in [9.17, 15) is 4.79 Å². The zero-order valence-corrected chi connectivity index (χ0v) is 9.70. The van der Waals surface area contributed by atoms with Crippen molar-refractivity contribution in [2.45, 2.75) is 39.5 Å². The fourth-order valence-electron chi connectivity index (χ4n) is 1.68. The van der Waals surface area contributed by atoms with Crippen LogP contribution >= 0.6 is 0 Å². The van der Waals surface area contributed by atoms with Gasteiger partial charge in [-0.1, -0.05) is 25.9 Å². The summed E-state index contributed by atoms with van der Waals surface area (Å²) in [6.45, 7) is 5.97. The topological polar surface area (TPSA) is 71.8 Å². The van der Waals surface area contributed by atoms with E-state index in [1.54, 1.807) is 0 Å². The molecule has 0 bridgehead atoms. The first-order valence-electron chi connectivity index (χ1n) is 5.52. The Morgan fingerprint density at radius 1 is 1.44 bits per heavy atom. The van der Waals surface area contributed by atoms with E-state index in [1.807, 2.05) is 20.8 Å². The minimum atomic E-state index is -0.154. The number of H-pyrrole nitrogens is 1. The summed E-state index contributed by atoms with van der Waals surface area (Å²) < 4.78 is 5.10. The maximum atomic E-state index is 11.9. The third kappa shape index (κ3) is 1.73. The first-order valence-corrected chi connectivity index (χ1v) is 5.52. The lowest BCUT2D eigenvalue weighted by molar-refractivity contribution is 0.433. The van der Waals surface area contributed by atoms with Gasteiger partial charge < -0.3 is 9.51 Å². The maximum absolute atomic E-state index is 11.9. The van der Waals surface area contributed by atoms with Crippen LogP contribution in [0.3, 0.4) is 0 Å². The number of hydrogen-bond acceptors (Lipinski definition) is 4. The SMILES string of the molecule is CCCc1nc2onc(C(C)C)c2c(=O)[nH]1. The van der Waals surface area contributed by atoms with Crippen LogP contribution in [0.15, 0.2) is 9.32 Å². The Labute approximate surface area is 92.9 Å². The van der Waals surface area contributed by atoms with Crippen LogP contribution in [0, 0.1) is 0 Å². The molecule has 16 heavy (non-hydrogen) atoms. The smallest absolute Gasteiger partial charge is 0.265 e. The molecule has 0 aliphatic heterocycles. The molecule has 2 rings (SSSR count). The average Bonchev–Trinajstić information content (AvgIpc) is 2.62. The fourth-order valence-corrected chi connectivity index (χ4v) is 1.68. The van der Waals surface area contributed by atoms with Gasteiger partial charge in [-0.05, 0) is 12.3 Å². The Morgan fingerprint density at radius 3 is 2.81 bits per heavy atom. The van der Waals surface area contributed by atoms with Crippen molar-refractivity contribution in [2.75, 3.05) is 0 Å². The summed E-state index contributed by atoms with van der Waals surface area (Å²) in [5.41, 5.74) is 0.862. The Morgan fingerprint density at radius 2 is 2.19 bits per heavy atom. The highest BCUT2D eigenvalue weighted by atomic mass is 16.5. The Bertz CT molecular complexity index is 554. The minimum Gasteiger partial charge on any atom is -0.335 e. The van der Waals surface area contributed by atoms with Crippen molar-refractivity contribution in [3.63, 3.8) is 0 Å². The monoisotopic (exact) mass is 221 g/mol. The highest BCUT2D eigenvalue weighted by molar-refractivity contribution is 5.75. The summed E-state index contributed by atoms with van der Waals surface area (Å²) in [6.07, 6.45) is 1.67. The van der Waals surface area contributed by atoms with E-state index in [4.69, 9.17) is 4.52 Å². The summed E-state index contributed by atoms with van der Waals surface area (Å²) >= 11 is 0. The molecule has 0 aliphatic carbocycles. The molecule has 0 amide bonds. The van der Waals surface area contributed by atoms with Crippen molar-refractivity contribution >= 4 is 11.1 Å². The van der Waals surface area contributed by atoms with E-state index >= 15 is 0 Å². The van der Waals surface area contributed by atoms with Crippen molar-refractivity contribution in [2.24, 2.45) is 0 Å². The van der Waals surface area contributed by atoms with Crippen molar-refractivity contribution in [3.8, 4) is 0 Å². The standard InChI is InChI=1S/C11H15N3O2/c1-4-5-7-12-10(15)8-9(6(2)3)14-16-11(8)13-7/h6H,4-5H2,1-3H3,(H,12,13,15). The molecule has 0 unspecified atom stereocenters. The quantitative estimate of drug-likeness (QED) is 0.860. The molecule has 0 saturated heterocycles. The van der Waals surface area contributed by atoms with Crippen LogP contribution in [0.1, 0.15) is 44.6 Å². The summed E-state index contributed by atoms with van der Waals surface area (Å²) in [7, 11) is 0.